The van der Waals surface area contributed by atoms with Gasteiger partial charge in [-0.3, -0.25) is 0 Å². The quantitative estimate of drug-likeness (QED) is 0.592. The summed E-state index contributed by atoms with van der Waals surface area (Å²) in [5, 5.41) is 0. The third-order valence-corrected chi connectivity index (χ3v) is 2.21. The summed E-state index contributed by atoms with van der Waals surface area (Å²) in [5.74, 6) is -0.0915. The number of allylic oxidation sites excluding steroid dienone is 3. The molecule has 64 valence electrons. The average molecular weight is 170 g/mol. The Labute approximate surface area is 77.4 Å². The Morgan fingerprint density at radius 1 is 1.15 bits per heavy atom. The molecule has 0 radical (unpaired) electrons. The minimum atomic E-state index is -0.0915. The van der Waals surface area contributed by atoms with E-state index >= 15 is 0 Å². The maximum atomic E-state index is 10.8. The van der Waals surface area contributed by atoms with Gasteiger partial charge in [0.25, 0.3) is 0 Å². The van der Waals surface area contributed by atoms with E-state index in [4.69, 9.17) is 0 Å². The fraction of sp³-hybridized carbons (Fsp3) is 0.0833. The number of aldehydes is 1. The van der Waals surface area contributed by atoms with E-state index in [1.807, 2.05) is 48.6 Å². The van der Waals surface area contributed by atoms with Crippen molar-refractivity contribution >= 4 is 12.4 Å². The molecule has 1 nitrogen and oxygen atoms in total. The lowest BCUT2D eigenvalue weighted by Crippen LogP contribution is -1.97. The van der Waals surface area contributed by atoms with Crippen molar-refractivity contribution in [2.75, 3.05) is 0 Å². The normalized spacial score (nSPS) is 19.2. The van der Waals surface area contributed by atoms with Gasteiger partial charge in [0.05, 0.1) is 5.92 Å². The molecule has 1 aliphatic rings. The van der Waals surface area contributed by atoms with Crippen LogP contribution in [0.5, 0.6) is 0 Å². The summed E-state index contributed by atoms with van der Waals surface area (Å²) in [6.07, 6.45) is 8.79. The van der Waals surface area contributed by atoms with Crippen LogP contribution in [0.3, 0.4) is 0 Å². The van der Waals surface area contributed by atoms with Crippen molar-refractivity contribution in [3.05, 3.63) is 53.6 Å². The molecule has 0 aliphatic heterocycles. The second-order valence-corrected chi connectivity index (χ2v) is 3.03. The molecule has 0 spiro atoms. The summed E-state index contributed by atoms with van der Waals surface area (Å²) in [4.78, 5) is 10.8. The predicted octanol–water partition coefficient (Wildman–Crippen LogP) is 2.55. The molecule has 0 aromatic heterocycles. The van der Waals surface area contributed by atoms with Crippen LogP contribution in [0.15, 0.2) is 42.5 Å². The first-order valence-corrected chi connectivity index (χ1v) is 4.31. The smallest absolute Gasteiger partial charge is 0.131 e. The molecule has 0 saturated carbocycles. The van der Waals surface area contributed by atoms with Crippen LogP contribution in [0.1, 0.15) is 17.0 Å². The van der Waals surface area contributed by atoms with E-state index in [0.717, 1.165) is 17.4 Å². The highest BCUT2D eigenvalue weighted by molar-refractivity contribution is 5.71. The fourth-order valence-corrected chi connectivity index (χ4v) is 1.53. The van der Waals surface area contributed by atoms with Crippen molar-refractivity contribution in [2.24, 2.45) is 0 Å². The predicted molar refractivity (Wildman–Crippen MR) is 53.4 cm³/mol. The summed E-state index contributed by atoms with van der Waals surface area (Å²) in [5.41, 5.74) is 2.21. The zero-order chi connectivity index (χ0) is 9.10. The second kappa shape index (κ2) is 3.40. The topological polar surface area (TPSA) is 17.1 Å². The van der Waals surface area contributed by atoms with Gasteiger partial charge in [-0.2, -0.15) is 0 Å². The molecule has 13 heavy (non-hydrogen) atoms. The highest BCUT2D eigenvalue weighted by Gasteiger charge is 2.10. The number of carbonyl (C=O) groups excluding carboxylic acids is 1. The van der Waals surface area contributed by atoms with Gasteiger partial charge >= 0.3 is 0 Å². The molecule has 1 atom stereocenters. The SMILES string of the molecule is O=CC1C=CC=Cc2ccccc21. The van der Waals surface area contributed by atoms with Gasteiger partial charge in [-0.05, 0) is 11.1 Å². The zero-order valence-corrected chi connectivity index (χ0v) is 7.18. The summed E-state index contributed by atoms with van der Waals surface area (Å²) in [7, 11) is 0. The van der Waals surface area contributed by atoms with Crippen LogP contribution in [0.2, 0.25) is 0 Å². The maximum Gasteiger partial charge on any atom is 0.131 e. The van der Waals surface area contributed by atoms with Gasteiger partial charge in [0.1, 0.15) is 6.29 Å². The number of fused-ring (bicyclic) bond motifs is 1. The van der Waals surface area contributed by atoms with E-state index in [-0.39, 0.29) is 5.92 Å². The number of rotatable bonds is 1. The Bertz CT molecular complexity index is 374. The first kappa shape index (κ1) is 7.99. The van der Waals surface area contributed by atoms with E-state index in [0.29, 0.717) is 0 Å². The van der Waals surface area contributed by atoms with Crippen LogP contribution < -0.4 is 0 Å². The summed E-state index contributed by atoms with van der Waals surface area (Å²) >= 11 is 0. The minimum Gasteiger partial charge on any atom is -0.302 e. The van der Waals surface area contributed by atoms with Crippen molar-refractivity contribution in [1.29, 1.82) is 0 Å². The van der Waals surface area contributed by atoms with Gasteiger partial charge < -0.3 is 4.79 Å². The molecule has 0 fully saturated rings. The van der Waals surface area contributed by atoms with Gasteiger partial charge in [-0.15, -0.1) is 0 Å². The molecule has 1 aliphatic carbocycles. The van der Waals surface area contributed by atoms with Gasteiger partial charge in [-0.25, -0.2) is 0 Å². The number of carbonyl (C=O) groups is 1. The average Bonchev–Trinajstić information content (AvgIpc) is 2.39. The van der Waals surface area contributed by atoms with E-state index in [1.54, 1.807) is 0 Å². The third kappa shape index (κ3) is 1.45. The summed E-state index contributed by atoms with van der Waals surface area (Å²) < 4.78 is 0. The lowest BCUT2D eigenvalue weighted by Gasteiger charge is -2.07. The molecular formula is C12H10O. The monoisotopic (exact) mass is 170 g/mol. The van der Waals surface area contributed by atoms with Crippen LogP contribution in [-0.2, 0) is 4.79 Å². The maximum absolute atomic E-state index is 10.8. The van der Waals surface area contributed by atoms with E-state index in [9.17, 15) is 4.79 Å². The van der Waals surface area contributed by atoms with Gasteiger partial charge in [-0.1, -0.05) is 48.6 Å². The van der Waals surface area contributed by atoms with Crippen LogP contribution in [-0.4, -0.2) is 6.29 Å². The zero-order valence-electron chi connectivity index (χ0n) is 7.18. The molecule has 2 rings (SSSR count). The molecule has 1 unspecified atom stereocenters. The van der Waals surface area contributed by atoms with E-state index < -0.39 is 0 Å². The highest BCUT2D eigenvalue weighted by atomic mass is 16.1. The molecular weight excluding hydrogens is 160 g/mol. The van der Waals surface area contributed by atoms with Gasteiger partial charge in [0, 0.05) is 0 Å². The van der Waals surface area contributed by atoms with Gasteiger partial charge in [0.15, 0.2) is 0 Å². The van der Waals surface area contributed by atoms with Crippen molar-refractivity contribution < 1.29 is 4.79 Å². The minimum absolute atomic E-state index is 0.0915. The first-order chi connectivity index (χ1) is 6.42. The summed E-state index contributed by atoms with van der Waals surface area (Å²) in [6, 6.07) is 7.96. The lowest BCUT2D eigenvalue weighted by molar-refractivity contribution is -0.108. The molecule has 1 aromatic rings. The molecule has 0 saturated heterocycles. The van der Waals surface area contributed by atoms with Crippen LogP contribution in [0.25, 0.3) is 6.08 Å². The highest BCUT2D eigenvalue weighted by Crippen LogP contribution is 2.23. The molecule has 1 aromatic carbocycles. The first-order valence-electron chi connectivity index (χ1n) is 4.31. The lowest BCUT2D eigenvalue weighted by atomic mass is 9.96. The number of benzene rings is 1. The van der Waals surface area contributed by atoms with Crippen LogP contribution >= 0.6 is 0 Å². The summed E-state index contributed by atoms with van der Waals surface area (Å²) in [6.45, 7) is 0. The Kier molecular flexibility index (Phi) is 2.09. The Hall–Kier alpha value is -1.63. The van der Waals surface area contributed by atoms with Crippen molar-refractivity contribution in [3.63, 3.8) is 0 Å². The van der Waals surface area contributed by atoms with E-state index in [2.05, 4.69) is 0 Å². The molecule has 0 heterocycles. The van der Waals surface area contributed by atoms with Gasteiger partial charge in [0.2, 0.25) is 0 Å². The fourth-order valence-electron chi connectivity index (χ4n) is 1.53. The Morgan fingerprint density at radius 2 is 2.00 bits per heavy atom. The Morgan fingerprint density at radius 3 is 2.85 bits per heavy atom. The Balaban J connectivity index is 2.56. The second-order valence-electron chi connectivity index (χ2n) is 3.03. The van der Waals surface area contributed by atoms with Crippen molar-refractivity contribution in [2.45, 2.75) is 5.92 Å². The molecule has 1 heteroatoms. The van der Waals surface area contributed by atoms with Crippen LogP contribution in [0, 0.1) is 0 Å². The number of hydrogen-bond donors (Lipinski definition) is 0. The van der Waals surface area contributed by atoms with E-state index in [1.165, 1.54) is 0 Å². The van der Waals surface area contributed by atoms with Crippen LogP contribution in [0.4, 0.5) is 0 Å². The van der Waals surface area contributed by atoms with Crippen molar-refractivity contribution in [3.8, 4) is 0 Å². The molecule has 0 N–H and O–H groups in total. The standard InChI is InChI=1S/C12H10O/c13-9-11-7-2-1-5-10-6-3-4-8-12(10)11/h1-9,11H. The molecule has 0 amide bonds. The van der Waals surface area contributed by atoms with Crippen molar-refractivity contribution in [1.82, 2.24) is 0 Å². The third-order valence-electron chi connectivity index (χ3n) is 2.21. The molecule has 0 bridgehead atoms. The number of hydrogen-bond acceptors (Lipinski definition) is 1. The largest absolute Gasteiger partial charge is 0.302 e.